The van der Waals surface area contributed by atoms with Crippen LogP contribution in [0.25, 0.3) is 0 Å². The number of benzene rings is 1. The summed E-state index contributed by atoms with van der Waals surface area (Å²) in [6.07, 6.45) is 3.61. The van der Waals surface area contributed by atoms with Gasteiger partial charge in [-0.05, 0) is 43.9 Å². The van der Waals surface area contributed by atoms with E-state index in [1.807, 2.05) is 30.3 Å². The van der Waals surface area contributed by atoms with Crippen molar-refractivity contribution in [1.29, 1.82) is 0 Å². The molecule has 1 amide bonds. The van der Waals surface area contributed by atoms with Gasteiger partial charge in [0.2, 0.25) is 5.91 Å². The van der Waals surface area contributed by atoms with Crippen LogP contribution in [0.15, 0.2) is 30.3 Å². The molecule has 104 valence electrons. The van der Waals surface area contributed by atoms with Crippen molar-refractivity contribution in [2.45, 2.75) is 19.3 Å². The fourth-order valence-corrected chi connectivity index (χ4v) is 1.76. The third-order valence-corrected chi connectivity index (χ3v) is 3.04. The summed E-state index contributed by atoms with van der Waals surface area (Å²) in [6, 6.07) is 9.49. The number of para-hydroxylation sites is 1. The Hall–Kier alpha value is -1.39. The molecule has 0 aromatic heterocycles. The first kappa shape index (κ1) is 14.0. The summed E-state index contributed by atoms with van der Waals surface area (Å²) in [6.45, 7) is 2.85. The highest BCUT2D eigenvalue weighted by Crippen LogP contribution is 2.28. The van der Waals surface area contributed by atoms with Gasteiger partial charge in [0, 0.05) is 18.9 Å². The van der Waals surface area contributed by atoms with Gasteiger partial charge < -0.3 is 15.4 Å². The van der Waals surface area contributed by atoms with E-state index in [1.54, 1.807) is 0 Å². The lowest BCUT2D eigenvalue weighted by atomic mass is 10.3. The molecule has 19 heavy (non-hydrogen) atoms. The van der Waals surface area contributed by atoms with Crippen LogP contribution in [0.4, 0.5) is 5.69 Å². The van der Waals surface area contributed by atoms with E-state index in [9.17, 15) is 4.79 Å². The molecule has 2 rings (SSSR count). The third-order valence-electron chi connectivity index (χ3n) is 3.04. The summed E-state index contributed by atoms with van der Waals surface area (Å²) in [7, 11) is 0. The summed E-state index contributed by atoms with van der Waals surface area (Å²) in [5.74, 6) is 0.815. The van der Waals surface area contributed by atoms with Gasteiger partial charge in [-0.1, -0.05) is 18.2 Å². The van der Waals surface area contributed by atoms with E-state index < -0.39 is 0 Å². The highest BCUT2D eigenvalue weighted by molar-refractivity contribution is 5.92. The molecule has 1 aromatic carbocycles. The van der Waals surface area contributed by atoms with Crippen LogP contribution in [-0.4, -0.2) is 32.2 Å². The molecule has 0 bridgehead atoms. The summed E-state index contributed by atoms with van der Waals surface area (Å²) < 4.78 is 5.52. The highest BCUT2D eigenvalue weighted by Gasteiger charge is 2.20. The summed E-state index contributed by atoms with van der Waals surface area (Å²) in [5, 5.41) is 5.95. The average Bonchev–Trinajstić information content (AvgIpc) is 3.23. The Morgan fingerprint density at radius 2 is 2.05 bits per heavy atom. The number of carbonyl (C=O) groups is 1. The molecule has 0 radical (unpaired) electrons. The number of anilines is 1. The van der Waals surface area contributed by atoms with Gasteiger partial charge in [0.05, 0.1) is 6.54 Å². The molecule has 0 saturated heterocycles. The summed E-state index contributed by atoms with van der Waals surface area (Å²) in [5.41, 5.74) is 0.835. The van der Waals surface area contributed by atoms with Crippen LogP contribution < -0.4 is 10.6 Å². The van der Waals surface area contributed by atoms with Crippen LogP contribution in [0.1, 0.15) is 19.3 Å². The van der Waals surface area contributed by atoms with Crippen molar-refractivity contribution >= 4 is 11.6 Å². The predicted octanol–water partition coefficient (Wildman–Crippen LogP) is 2.03. The van der Waals surface area contributed by atoms with Crippen molar-refractivity contribution in [3.05, 3.63) is 30.3 Å². The minimum Gasteiger partial charge on any atom is -0.381 e. The number of amides is 1. The molecule has 0 heterocycles. The Bertz CT molecular complexity index is 377. The topological polar surface area (TPSA) is 50.4 Å². The minimum absolute atomic E-state index is 0.00917. The lowest BCUT2D eigenvalue weighted by Crippen LogP contribution is -2.29. The molecular weight excluding hydrogens is 240 g/mol. The van der Waals surface area contributed by atoms with Gasteiger partial charge in [-0.2, -0.15) is 0 Å². The third kappa shape index (κ3) is 6.36. The molecular formula is C15H22N2O2. The Balaban J connectivity index is 1.44. The van der Waals surface area contributed by atoms with Gasteiger partial charge in [-0.25, -0.2) is 0 Å². The highest BCUT2D eigenvalue weighted by atomic mass is 16.5. The maximum Gasteiger partial charge on any atom is 0.238 e. The van der Waals surface area contributed by atoms with Gasteiger partial charge >= 0.3 is 0 Å². The SMILES string of the molecule is O=C(CNCCCOCC1CC1)Nc1ccccc1. The Morgan fingerprint density at radius 3 is 2.79 bits per heavy atom. The fraction of sp³-hybridized carbons (Fsp3) is 0.533. The normalized spacial score (nSPS) is 14.3. The Labute approximate surface area is 114 Å². The lowest BCUT2D eigenvalue weighted by molar-refractivity contribution is -0.115. The number of hydrogen-bond acceptors (Lipinski definition) is 3. The Morgan fingerprint density at radius 1 is 1.26 bits per heavy atom. The molecule has 0 atom stereocenters. The molecule has 0 unspecified atom stereocenters. The summed E-state index contributed by atoms with van der Waals surface area (Å²) >= 11 is 0. The monoisotopic (exact) mass is 262 g/mol. The molecule has 1 aliphatic rings. The zero-order valence-corrected chi connectivity index (χ0v) is 11.2. The van der Waals surface area contributed by atoms with E-state index in [2.05, 4.69) is 10.6 Å². The van der Waals surface area contributed by atoms with Crippen LogP contribution in [0, 0.1) is 5.92 Å². The van der Waals surface area contributed by atoms with Crippen LogP contribution in [-0.2, 0) is 9.53 Å². The maximum atomic E-state index is 11.6. The first-order valence-corrected chi connectivity index (χ1v) is 6.98. The summed E-state index contributed by atoms with van der Waals surface area (Å²) in [4.78, 5) is 11.6. The lowest BCUT2D eigenvalue weighted by Gasteiger charge is -2.07. The standard InChI is InChI=1S/C15H22N2O2/c18-15(17-14-5-2-1-3-6-14)11-16-9-4-10-19-12-13-7-8-13/h1-3,5-6,13,16H,4,7-12H2,(H,17,18). The van der Waals surface area contributed by atoms with Crippen LogP contribution in [0.5, 0.6) is 0 Å². The van der Waals surface area contributed by atoms with E-state index >= 15 is 0 Å². The zero-order valence-electron chi connectivity index (χ0n) is 11.2. The second-order valence-electron chi connectivity index (χ2n) is 4.96. The number of rotatable bonds is 9. The molecule has 0 aliphatic heterocycles. The van der Waals surface area contributed by atoms with Gasteiger partial charge in [0.25, 0.3) is 0 Å². The van der Waals surface area contributed by atoms with Crippen molar-refractivity contribution in [1.82, 2.24) is 5.32 Å². The van der Waals surface area contributed by atoms with Crippen LogP contribution in [0.2, 0.25) is 0 Å². The van der Waals surface area contributed by atoms with Gasteiger partial charge in [0.15, 0.2) is 0 Å². The van der Waals surface area contributed by atoms with Crippen LogP contribution in [0.3, 0.4) is 0 Å². The zero-order chi connectivity index (χ0) is 13.3. The largest absolute Gasteiger partial charge is 0.381 e. The predicted molar refractivity (Wildman–Crippen MR) is 76.1 cm³/mol. The first-order valence-electron chi connectivity index (χ1n) is 6.98. The molecule has 1 aromatic rings. The average molecular weight is 262 g/mol. The molecule has 4 heteroatoms. The maximum absolute atomic E-state index is 11.6. The minimum atomic E-state index is -0.00917. The van der Waals surface area contributed by atoms with E-state index in [-0.39, 0.29) is 5.91 Å². The molecule has 0 spiro atoms. The molecule has 1 saturated carbocycles. The molecule has 2 N–H and O–H groups in total. The first-order chi connectivity index (χ1) is 9.34. The Kier molecular flexibility index (Phi) is 5.85. The molecule has 1 aliphatic carbocycles. The second-order valence-corrected chi connectivity index (χ2v) is 4.96. The molecule has 4 nitrogen and oxygen atoms in total. The van der Waals surface area contributed by atoms with Crippen LogP contribution >= 0.6 is 0 Å². The second kappa shape index (κ2) is 7.92. The van der Waals surface area contributed by atoms with E-state index in [1.165, 1.54) is 12.8 Å². The van der Waals surface area contributed by atoms with Crippen molar-refractivity contribution in [3.63, 3.8) is 0 Å². The number of carbonyl (C=O) groups excluding carboxylic acids is 1. The number of hydrogen-bond donors (Lipinski definition) is 2. The number of ether oxygens (including phenoxy) is 1. The number of nitrogens with one attached hydrogen (secondary N) is 2. The van der Waals surface area contributed by atoms with E-state index in [0.29, 0.717) is 6.54 Å². The smallest absolute Gasteiger partial charge is 0.238 e. The van der Waals surface area contributed by atoms with Crippen molar-refractivity contribution in [2.75, 3.05) is 31.6 Å². The quantitative estimate of drug-likeness (QED) is 0.670. The van der Waals surface area contributed by atoms with Crippen molar-refractivity contribution in [3.8, 4) is 0 Å². The van der Waals surface area contributed by atoms with Crippen molar-refractivity contribution in [2.24, 2.45) is 5.92 Å². The van der Waals surface area contributed by atoms with E-state index in [0.717, 1.165) is 37.8 Å². The van der Waals surface area contributed by atoms with E-state index in [4.69, 9.17) is 4.74 Å². The van der Waals surface area contributed by atoms with Gasteiger partial charge in [-0.15, -0.1) is 0 Å². The van der Waals surface area contributed by atoms with Crippen molar-refractivity contribution < 1.29 is 9.53 Å². The molecule has 1 fully saturated rings. The van der Waals surface area contributed by atoms with Gasteiger partial charge in [-0.3, -0.25) is 4.79 Å². The fourth-order valence-electron chi connectivity index (χ4n) is 1.76. The van der Waals surface area contributed by atoms with Gasteiger partial charge in [0.1, 0.15) is 0 Å².